The molecule has 0 spiro atoms. The highest BCUT2D eigenvalue weighted by Gasteiger charge is 2.44. The zero-order chi connectivity index (χ0) is 54.3. The van der Waals surface area contributed by atoms with Crippen molar-refractivity contribution in [2.45, 2.75) is 365 Å². The molecule has 1 fully saturated rings. The fraction of sp³-hybridized carbons (Fsp3) is 0.894. The van der Waals surface area contributed by atoms with Crippen LogP contribution in [0.3, 0.4) is 0 Å². The van der Waals surface area contributed by atoms with Crippen molar-refractivity contribution in [1.82, 2.24) is 5.32 Å². The van der Waals surface area contributed by atoms with E-state index in [0.29, 0.717) is 6.42 Å². The number of allylic oxidation sites excluding steroid dienone is 5. The molecule has 0 aromatic carbocycles. The average molecular weight is 1060 g/mol. The Kier molecular flexibility index (Phi) is 53.1. The van der Waals surface area contributed by atoms with Crippen LogP contribution in [0.2, 0.25) is 0 Å². The Bertz CT molecular complexity index is 1270. The van der Waals surface area contributed by atoms with Gasteiger partial charge in [0.1, 0.15) is 24.4 Å². The lowest BCUT2D eigenvalue weighted by Gasteiger charge is -2.40. The molecule has 1 heterocycles. The van der Waals surface area contributed by atoms with Gasteiger partial charge in [-0.15, -0.1) is 0 Å². The first-order valence-electron chi connectivity index (χ1n) is 32.7. The van der Waals surface area contributed by atoms with Crippen LogP contribution in [0, 0.1) is 0 Å². The largest absolute Gasteiger partial charge is 0.394 e. The minimum Gasteiger partial charge on any atom is -0.394 e. The normalized spacial score (nSPS) is 19.1. The van der Waals surface area contributed by atoms with E-state index in [1.165, 1.54) is 257 Å². The van der Waals surface area contributed by atoms with Crippen molar-refractivity contribution in [3.8, 4) is 0 Å². The molecule has 1 amide bonds. The van der Waals surface area contributed by atoms with E-state index < -0.39 is 49.5 Å². The van der Waals surface area contributed by atoms with Crippen LogP contribution in [0.5, 0.6) is 0 Å². The number of aliphatic hydroxyl groups is 5. The summed E-state index contributed by atoms with van der Waals surface area (Å²) < 4.78 is 11.3. The lowest BCUT2D eigenvalue weighted by atomic mass is 9.99. The Morgan fingerprint density at radius 1 is 0.440 bits per heavy atom. The van der Waals surface area contributed by atoms with Crippen molar-refractivity contribution in [3.63, 3.8) is 0 Å². The van der Waals surface area contributed by atoms with Crippen molar-refractivity contribution < 1.29 is 39.8 Å². The van der Waals surface area contributed by atoms with Gasteiger partial charge in [-0.1, -0.05) is 307 Å². The van der Waals surface area contributed by atoms with Gasteiger partial charge in [-0.2, -0.15) is 0 Å². The van der Waals surface area contributed by atoms with Crippen molar-refractivity contribution >= 4 is 5.91 Å². The summed E-state index contributed by atoms with van der Waals surface area (Å²) in [7, 11) is 0. The third kappa shape index (κ3) is 44.9. The number of aliphatic hydroxyl groups excluding tert-OH is 5. The second kappa shape index (κ2) is 55.7. The van der Waals surface area contributed by atoms with Gasteiger partial charge < -0.3 is 40.3 Å². The molecule has 9 nitrogen and oxygen atoms in total. The first-order valence-corrected chi connectivity index (χ1v) is 32.7. The number of carbonyl (C=O) groups is 1. The molecule has 0 aliphatic carbocycles. The van der Waals surface area contributed by atoms with Crippen molar-refractivity contribution in [3.05, 3.63) is 36.5 Å². The smallest absolute Gasteiger partial charge is 0.220 e. The quantitative estimate of drug-likeness (QED) is 0.0261. The van der Waals surface area contributed by atoms with Gasteiger partial charge in [0, 0.05) is 6.42 Å². The van der Waals surface area contributed by atoms with E-state index in [4.69, 9.17) is 9.47 Å². The number of rotatable bonds is 57. The molecule has 0 bridgehead atoms. The van der Waals surface area contributed by atoms with Gasteiger partial charge in [-0.05, 0) is 44.9 Å². The third-order valence-electron chi connectivity index (χ3n) is 15.7. The lowest BCUT2D eigenvalue weighted by Crippen LogP contribution is -2.60. The van der Waals surface area contributed by atoms with Gasteiger partial charge in [0.25, 0.3) is 0 Å². The predicted octanol–water partition coefficient (Wildman–Crippen LogP) is 17.1. The lowest BCUT2D eigenvalue weighted by molar-refractivity contribution is -0.302. The first-order chi connectivity index (χ1) is 36.8. The van der Waals surface area contributed by atoms with Gasteiger partial charge in [0.2, 0.25) is 5.91 Å². The highest BCUT2D eigenvalue weighted by Crippen LogP contribution is 2.23. The van der Waals surface area contributed by atoms with Gasteiger partial charge in [-0.25, -0.2) is 0 Å². The average Bonchev–Trinajstić information content (AvgIpc) is 3.41. The molecule has 0 saturated carbocycles. The van der Waals surface area contributed by atoms with Crippen LogP contribution in [-0.2, 0) is 14.3 Å². The molecule has 1 rings (SSSR count). The van der Waals surface area contributed by atoms with Crippen LogP contribution < -0.4 is 5.32 Å². The Balaban J connectivity index is 2.18. The molecule has 0 aromatic heterocycles. The summed E-state index contributed by atoms with van der Waals surface area (Å²) in [4.78, 5) is 13.1. The molecule has 75 heavy (non-hydrogen) atoms. The van der Waals surface area contributed by atoms with Crippen molar-refractivity contribution in [2.75, 3.05) is 13.2 Å². The topological polar surface area (TPSA) is 149 Å². The van der Waals surface area contributed by atoms with Crippen LogP contribution in [0.25, 0.3) is 0 Å². The number of ether oxygens (including phenoxy) is 2. The molecule has 1 aliphatic rings. The van der Waals surface area contributed by atoms with E-state index in [1.54, 1.807) is 6.08 Å². The van der Waals surface area contributed by atoms with Gasteiger partial charge in [0.15, 0.2) is 6.29 Å². The SMILES string of the molecule is CCCCCCCCCCCCCCCCCCCCCCCC/C=C/CC/C=C/CC/C=C/C(O)C(COC1OC(CO)C(O)C(O)C1O)NC(=O)CCCCCCCCCCCCCCCCCCCCCC. The molecule has 7 unspecified atom stereocenters. The summed E-state index contributed by atoms with van der Waals surface area (Å²) in [5.74, 6) is -0.185. The number of hydrogen-bond acceptors (Lipinski definition) is 8. The number of nitrogens with one attached hydrogen (secondary N) is 1. The van der Waals surface area contributed by atoms with Crippen LogP contribution in [0.15, 0.2) is 36.5 Å². The van der Waals surface area contributed by atoms with Gasteiger partial charge in [0.05, 0.1) is 25.4 Å². The van der Waals surface area contributed by atoms with E-state index >= 15 is 0 Å². The number of unbranched alkanes of at least 4 members (excludes halogenated alkanes) is 43. The summed E-state index contributed by atoms with van der Waals surface area (Å²) >= 11 is 0. The van der Waals surface area contributed by atoms with E-state index in [9.17, 15) is 30.3 Å². The molecular weight excluding hydrogens is 935 g/mol. The maximum absolute atomic E-state index is 13.1. The highest BCUT2D eigenvalue weighted by atomic mass is 16.7. The summed E-state index contributed by atoms with van der Waals surface area (Å²) in [6.07, 6.45) is 66.7. The van der Waals surface area contributed by atoms with E-state index in [2.05, 4.69) is 43.5 Å². The predicted molar refractivity (Wildman–Crippen MR) is 318 cm³/mol. The number of hydrogen-bond donors (Lipinski definition) is 6. The molecule has 6 N–H and O–H groups in total. The van der Waals surface area contributed by atoms with Crippen LogP contribution >= 0.6 is 0 Å². The van der Waals surface area contributed by atoms with Crippen LogP contribution in [0.1, 0.15) is 322 Å². The van der Waals surface area contributed by atoms with Gasteiger partial charge >= 0.3 is 0 Å². The Morgan fingerprint density at radius 2 is 0.760 bits per heavy atom. The Morgan fingerprint density at radius 3 is 1.12 bits per heavy atom. The molecule has 442 valence electrons. The summed E-state index contributed by atoms with van der Waals surface area (Å²) in [5, 5.41) is 54.6. The fourth-order valence-electron chi connectivity index (χ4n) is 10.5. The first kappa shape index (κ1) is 71.4. The Labute approximate surface area is 463 Å². The molecule has 1 saturated heterocycles. The third-order valence-corrected chi connectivity index (χ3v) is 15.7. The zero-order valence-electron chi connectivity index (χ0n) is 49.3. The molecule has 7 atom stereocenters. The van der Waals surface area contributed by atoms with Crippen molar-refractivity contribution in [2.24, 2.45) is 0 Å². The monoisotopic (exact) mass is 1060 g/mol. The second-order valence-electron chi connectivity index (χ2n) is 22.9. The molecule has 0 radical (unpaired) electrons. The molecule has 1 aliphatic heterocycles. The zero-order valence-corrected chi connectivity index (χ0v) is 49.3. The maximum Gasteiger partial charge on any atom is 0.220 e. The molecule has 9 heteroatoms. The summed E-state index contributed by atoms with van der Waals surface area (Å²) in [6, 6.07) is -0.827. The second-order valence-corrected chi connectivity index (χ2v) is 22.9. The number of amides is 1. The van der Waals surface area contributed by atoms with Crippen LogP contribution in [0.4, 0.5) is 0 Å². The molecular formula is C66H125NO8. The maximum atomic E-state index is 13.1. The number of carbonyl (C=O) groups excluding carboxylic acids is 1. The minimum absolute atomic E-state index is 0.185. The highest BCUT2D eigenvalue weighted by molar-refractivity contribution is 5.76. The van der Waals surface area contributed by atoms with Crippen molar-refractivity contribution in [1.29, 1.82) is 0 Å². The summed E-state index contributed by atoms with van der Waals surface area (Å²) in [5.41, 5.74) is 0. The van der Waals surface area contributed by atoms with E-state index in [0.717, 1.165) is 44.9 Å². The van der Waals surface area contributed by atoms with E-state index in [1.807, 2.05) is 6.08 Å². The standard InChI is InChI=1S/C66H125NO8/c1-3-5-7-9-11-13-15-17-19-21-23-25-26-27-28-29-30-31-32-33-34-35-36-37-39-41-43-45-47-49-51-53-55-60(69)59(58-74-66-65(73)64(72)63(71)61(57-68)75-66)67-62(70)56-54-52-50-48-46-44-42-40-38-24-22-20-18-16-14-12-10-8-6-4-2/h37,39,45,47,53,55,59-61,63-66,68-69,71-73H,3-36,38,40-44,46,48-52,54,56-58H2,1-2H3,(H,67,70)/b39-37+,47-45+,55-53+. The Hall–Kier alpha value is -1.59. The van der Waals surface area contributed by atoms with E-state index in [-0.39, 0.29) is 12.5 Å². The fourth-order valence-corrected chi connectivity index (χ4v) is 10.5. The molecule has 0 aromatic rings. The summed E-state index contributed by atoms with van der Waals surface area (Å²) in [6.45, 7) is 3.80. The van der Waals surface area contributed by atoms with Crippen LogP contribution in [-0.4, -0.2) is 87.5 Å². The minimum atomic E-state index is -1.57. The van der Waals surface area contributed by atoms with Gasteiger partial charge in [-0.3, -0.25) is 4.79 Å².